The first-order valence-electron chi connectivity index (χ1n) is 6.16. The van der Waals surface area contributed by atoms with Crippen molar-refractivity contribution in [1.82, 2.24) is 4.90 Å². The summed E-state index contributed by atoms with van der Waals surface area (Å²) in [6, 6.07) is 0.0705. The highest BCUT2D eigenvalue weighted by Crippen LogP contribution is 2.42. The van der Waals surface area contributed by atoms with Gasteiger partial charge >= 0.3 is 5.97 Å². The van der Waals surface area contributed by atoms with E-state index in [1.165, 1.54) is 0 Å². The van der Waals surface area contributed by atoms with Gasteiger partial charge in [0.15, 0.2) is 0 Å². The Bertz CT molecular complexity index is 269. The second-order valence-electron chi connectivity index (χ2n) is 5.10. The maximum absolute atomic E-state index is 13.4. The van der Waals surface area contributed by atoms with Gasteiger partial charge in [0.2, 0.25) is 0 Å². The van der Waals surface area contributed by atoms with Crippen molar-refractivity contribution < 1.29 is 18.7 Å². The number of hydrogen-bond acceptors (Lipinski definition) is 2. The smallest absolute Gasteiger partial charge is 0.317 e. The van der Waals surface area contributed by atoms with Gasteiger partial charge in [-0.2, -0.15) is 0 Å². The van der Waals surface area contributed by atoms with Gasteiger partial charge in [0.05, 0.1) is 6.54 Å². The first-order chi connectivity index (χ1) is 7.83. The molecule has 1 unspecified atom stereocenters. The maximum Gasteiger partial charge on any atom is 0.317 e. The zero-order valence-electron chi connectivity index (χ0n) is 10.5. The first kappa shape index (κ1) is 14.4. The summed E-state index contributed by atoms with van der Waals surface area (Å²) in [6.45, 7) is 4.13. The molecule has 0 aromatic carbocycles. The Kier molecular flexibility index (Phi) is 4.86. The van der Waals surface area contributed by atoms with E-state index in [4.69, 9.17) is 5.11 Å². The highest BCUT2D eigenvalue weighted by molar-refractivity contribution is 5.69. The van der Waals surface area contributed by atoms with E-state index in [0.29, 0.717) is 25.8 Å². The van der Waals surface area contributed by atoms with Crippen LogP contribution in [0.1, 0.15) is 39.5 Å². The van der Waals surface area contributed by atoms with Gasteiger partial charge in [0.1, 0.15) is 0 Å². The summed E-state index contributed by atoms with van der Waals surface area (Å²) in [5, 5.41) is 8.74. The maximum atomic E-state index is 13.4. The van der Waals surface area contributed by atoms with Gasteiger partial charge in [-0.3, -0.25) is 9.69 Å². The van der Waals surface area contributed by atoms with Gasteiger partial charge < -0.3 is 5.11 Å². The topological polar surface area (TPSA) is 40.5 Å². The van der Waals surface area contributed by atoms with Crippen molar-refractivity contribution in [2.45, 2.75) is 51.5 Å². The molecule has 0 heterocycles. The minimum Gasteiger partial charge on any atom is -0.480 e. The Morgan fingerprint density at radius 1 is 1.53 bits per heavy atom. The van der Waals surface area contributed by atoms with Crippen molar-refractivity contribution in [2.24, 2.45) is 5.92 Å². The SMILES string of the molecule is CC(C)N(CCC1CCCC1(F)F)CC(=O)O. The number of hydrogen-bond donors (Lipinski definition) is 1. The van der Waals surface area contributed by atoms with Crippen LogP contribution in [-0.4, -0.2) is 41.0 Å². The lowest BCUT2D eigenvalue weighted by Crippen LogP contribution is -2.38. The van der Waals surface area contributed by atoms with E-state index >= 15 is 0 Å². The summed E-state index contributed by atoms with van der Waals surface area (Å²) >= 11 is 0. The second-order valence-corrected chi connectivity index (χ2v) is 5.10. The lowest BCUT2D eigenvalue weighted by molar-refractivity contribution is -0.138. The Balaban J connectivity index is 2.44. The van der Waals surface area contributed by atoms with Gasteiger partial charge in [-0.1, -0.05) is 0 Å². The lowest BCUT2D eigenvalue weighted by Gasteiger charge is -2.27. The average molecular weight is 249 g/mol. The third-order valence-corrected chi connectivity index (χ3v) is 3.49. The van der Waals surface area contributed by atoms with E-state index in [-0.39, 0.29) is 19.0 Å². The van der Waals surface area contributed by atoms with Crippen LogP contribution in [0.2, 0.25) is 0 Å². The molecule has 0 aromatic heterocycles. The van der Waals surface area contributed by atoms with Crippen molar-refractivity contribution in [2.75, 3.05) is 13.1 Å². The van der Waals surface area contributed by atoms with Crippen LogP contribution in [0, 0.1) is 5.92 Å². The molecule has 3 nitrogen and oxygen atoms in total. The third kappa shape index (κ3) is 4.22. The van der Waals surface area contributed by atoms with Crippen LogP contribution in [0.5, 0.6) is 0 Å². The van der Waals surface area contributed by atoms with Gasteiger partial charge in [-0.05, 0) is 39.7 Å². The van der Waals surface area contributed by atoms with E-state index in [1.807, 2.05) is 13.8 Å². The van der Waals surface area contributed by atoms with Crippen LogP contribution in [0.15, 0.2) is 0 Å². The van der Waals surface area contributed by atoms with E-state index in [2.05, 4.69) is 0 Å². The molecule has 1 N–H and O–H groups in total. The number of aliphatic carboxylic acids is 1. The molecule has 17 heavy (non-hydrogen) atoms. The van der Waals surface area contributed by atoms with Crippen molar-refractivity contribution in [3.8, 4) is 0 Å². The summed E-state index contributed by atoms with van der Waals surface area (Å²) in [6.07, 6.45) is 1.51. The molecule has 0 radical (unpaired) electrons. The van der Waals surface area contributed by atoms with Crippen LogP contribution >= 0.6 is 0 Å². The quantitative estimate of drug-likeness (QED) is 0.786. The minimum atomic E-state index is -2.55. The molecule has 5 heteroatoms. The molecule has 1 saturated carbocycles. The molecule has 1 atom stereocenters. The fraction of sp³-hybridized carbons (Fsp3) is 0.917. The molecular weight excluding hydrogens is 228 g/mol. The van der Waals surface area contributed by atoms with E-state index in [9.17, 15) is 13.6 Å². The molecule has 0 aromatic rings. The third-order valence-electron chi connectivity index (χ3n) is 3.49. The number of halogens is 2. The van der Waals surface area contributed by atoms with Crippen LogP contribution in [-0.2, 0) is 4.79 Å². The molecule has 0 aliphatic heterocycles. The Morgan fingerprint density at radius 3 is 2.59 bits per heavy atom. The Morgan fingerprint density at radius 2 is 2.18 bits per heavy atom. The largest absolute Gasteiger partial charge is 0.480 e. The zero-order valence-corrected chi connectivity index (χ0v) is 10.5. The molecule has 0 saturated heterocycles. The normalized spacial score (nSPS) is 23.5. The lowest BCUT2D eigenvalue weighted by atomic mass is 10.0. The highest BCUT2D eigenvalue weighted by Gasteiger charge is 2.43. The van der Waals surface area contributed by atoms with Crippen LogP contribution in [0.25, 0.3) is 0 Å². The summed E-state index contributed by atoms with van der Waals surface area (Å²) in [5.41, 5.74) is 0. The molecule has 0 bridgehead atoms. The van der Waals surface area contributed by atoms with E-state index in [0.717, 1.165) is 0 Å². The predicted molar refractivity (Wildman–Crippen MR) is 61.2 cm³/mol. The van der Waals surface area contributed by atoms with Crippen LogP contribution < -0.4 is 0 Å². The summed E-state index contributed by atoms with van der Waals surface area (Å²) in [5.74, 6) is -4.03. The van der Waals surface area contributed by atoms with Crippen molar-refractivity contribution in [3.63, 3.8) is 0 Å². The average Bonchev–Trinajstić information content (AvgIpc) is 2.51. The van der Waals surface area contributed by atoms with E-state index < -0.39 is 17.8 Å². The van der Waals surface area contributed by atoms with Crippen LogP contribution in [0.4, 0.5) is 8.78 Å². The standard InChI is InChI=1S/C12H21F2NO2/c1-9(2)15(8-11(16)17)7-5-10-4-3-6-12(10,13)14/h9-10H,3-8H2,1-2H3,(H,16,17). The molecule has 0 amide bonds. The molecule has 1 aliphatic carbocycles. The number of carbonyl (C=O) groups is 1. The molecule has 100 valence electrons. The molecule has 1 aliphatic rings. The minimum absolute atomic E-state index is 0.0156. The van der Waals surface area contributed by atoms with E-state index in [1.54, 1.807) is 4.90 Å². The first-order valence-corrected chi connectivity index (χ1v) is 6.16. The van der Waals surface area contributed by atoms with Gasteiger partial charge in [-0.25, -0.2) is 8.78 Å². The van der Waals surface area contributed by atoms with Gasteiger partial charge in [0.25, 0.3) is 5.92 Å². The molecule has 1 fully saturated rings. The summed E-state index contributed by atoms with van der Waals surface area (Å²) < 4.78 is 26.8. The monoisotopic (exact) mass is 249 g/mol. The predicted octanol–water partition coefficient (Wildman–Crippen LogP) is 2.61. The Hall–Kier alpha value is -0.710. The molecular formula is C12H21F2NO2. The zero-order chi connectivity index (χ0) is 13.1. The summed E-state index contributed by atoms with van der Waals surface area (Å²) in [7, 11) is 0. The fourth-order valence-electron chi connectivity index (χ4n) is 2.37. The number of carboxylic acids is 1. The number of alkyl halides is 2. The van der Waals surface area contributed by atoms with Crippen molar-refractivity contribution in [3.05, 3.63) is 0 Å². The summed E-state index contributed by atoms with van der Waals surface area (Å²) in [4.78, 5) is 12.4. The van der Waals surface area contributed by atoms with Gasteiger partial charge in [0, 0.05) is 18.4 Å². The number of nitrogens with zero attached hydrogens (tertiary/aromatic N) is 1. The number of carboxylic acid groups (broad SMARTS) is 1. The van der Waals surface area contributed by atoms with Crippen LogP contribution in [0.3, 0.4) is 0 Å². The number of rotatable bonds is 6. The van der Waals surface area contributed by atoms with Crippen molar-refractivity contribution in [1.29, 1.82) is 0 Å². The molecule has 0 spiro atoms. The Labute approximate surface area is 101 Å². The van der Waals surface area contributed by atoms with Gasteiger partial charge in [-0.15, -0.1) is 0 Å². The molecule has 1 rings (SSSR count). The van der Waals surface area contributed by atoms with Crippen molar-refractivity contribution >= 4 is 5.97 Å². The highest BCUT2D eigenvalue weighted by atomic mass is 19.3. The second kappa shape index (κ2) is 5.76. The fourth-order valence-corrected chi connectivity index (χ4v) is 2.37.